The summed E-state index contributed by atoms with van der Waals surface area (Å²) in [6.45, 7) is 5.76. The fourth-order valence-corrected chi connectivity index (χ4v) is 1.55. The van der Waals surface area contributed by atoms with Crippen molar-refractivity contribution in [2.24, 2.45) is 5.92 Å². The number of rotatable bonds is 9. The van der Waals surface area contributed by atoms with E-state index in [-0.39, 0.29) is 12.1 Å². The lowest BCUT2D eigenvalue weighted by Gasteiger charge is -2.17. The summed E-state index contributed by atoms with van der Waals surface area (Å²) >= 11 is 0. The van der Waals surface area contributed by atoms with Crippen LogP contribution in [-0.2, 0) is 9.53 Å². The molecule has 2 atom stereocenters. The smallest absolute Gasteiger partial charge is 0.302 e. The normalized spacial score (nSPS) is 14.8. The van der Waals surface area contributed by atoms with Crippen molar-refractivity contribution in [3.8, 4) is 0 Å². The first-order chi connectivity index (χ1) is 8.07. The van der Waals surface area contributed by atoms with Gasteiger partial charge in [0.1, 0.15) is 6.10 Å². The Morgan fingerprint density at radius 3 is 2.53 bits per heavy atom. The monoisotopic (exact) mass is 242 g/mol. The first-order valence-electron chi connectivity index (χ1n) is 6.51. The van der Waals surface area contributed by atoms with E-state index in [4.69, 9.17) is 9.84 Å². The van der Waals surface area contributed by atoms with Crippen LogP contribution < -0.4 is 0 Å². The molecular formula is C14H26O3. The van der Waals surface area contributed by atoms with Crippen LogP contribution in [0.2, 0.25) is 0 Å². The largest absolute Gasteiger partial charge is 0.463 e. The molecular weight excluding hydrogens is 216 g/mol. The Bertz CT molecular complexity index is 224. The fraction of sp³-hybridized carbons (Fsp3) is 0.786. The number of ether oxygens (including phenoxy) is 1. The molecule has 0 aliphatic carbocycles. The quantitative estimate of drug-likeness (QED) is 0.384. The number of carbonyl (C=O) groups excluding carboxylic acids is 1. The number of aliphatic hydroxyl groups is 1. The Morgan fingerprint density at radius 1 is 1.24 bits per heavy atom. The van der Waals surface area contributed by atoms with E-state index in [9.17, 15) is 4.79 Å². The summed E-state index contributed by atoms with van der Waals surface area (Å²) in [7, 11) is 0. The van der Waals surface area contributed by atoms with E-state index in [1.54, 1.807) is 0 Å². The average Bonchev–Trinajstić information content (AvgIpc) is 2.26. The maximum atomic E-state index is 10.8. The molecule has 0 saturated heterocycles. The summed E-state index contributed by atoms with van der Waals surface area (Å²) in [4.78, 5) is 10.8. The number of unbranched alkanes of at least 4 members (excludes halogenated alkanes) is 3. The number of aliphatic hydroxyl groups excluding tert-OH is 1. The molecule has 0 spiro atoms. The minimum absolute atomic E-state index is 0.0217. The molecule has 0 aliphatic heterocycles. The zero-order valence-corrected chi connectivity index (χ0v) is 11.3. The van der Waals surface area contributed by atoms with Crippen molar-refractivity contribution in [1.82, 2.24) is 0 Å². The van der Waals surface area contributed by atoms with Gasteiger partial charge < -0.3 is 9.84 Å². The van der Waals surface area contributed by atoms with Gasteiger partial charge in [-0.1, -0.05) is 25.5 Å². The zero-order chi connectivity index (χ0) is 13.1. The predicted molar refractivity (Wildman–Crippen MR) is 69.7 cm³/mol. The first-order valence-corrected chi connectivity index (χ1v) is 6.51. The van der Waals surface area contributed by atoms with Crippen LogP contribution in [0, 0.1) is 5.92 Å². The van der Waals surface area contributed by atoms with Crippen molar-refractivity contribution in [3.63, 3.8) is 0 Å². The van der Waals surface area contributed by atoms with Gasteiger partial charge in [-0.25, -0.2) is 0 Å². The number of carbonyl (C=O) groups is 1. The van der Waals surface area contributed by atoms with Crippen LogP contribution in [0.3, 0.4) is 0 Å². The second kappa shape index (κ2) is 10.3. The standard InChI is InChI=1S/C14H26O3/c1-12(13(2)17-14(3)16)10-8-6-4-5-7-9-11-15/h6,8,12-13,15H,4-5,7,9-11H2,1-3H3. The van der Waals surface area contributed by atoms with Gasteiger partial charge in [0.05, 0.1) is 0 Å². The molecule has 2 unspecified atom stereocenters. The van der Waals surface area contributed by atoms with Gasteiger partial charge in [0.25, 0.3) is 0 Å². The van der Waals surface area contributed by atoms with E-state index in [1.165, 1.54) is 6.92 Å². The van der Waals surface area contributed by atoms with E-state index in [0.717, 1.165) is 32.1 Å². The van der Waals surface area contributed by atoms with Gasteiger partial charge in [-0.3, -0.25) is 4.79 Å². The van der Waals surface area contributed by atoms with Crippen molar-refractivity contribution in [2.45, 2.75) is 59.0 Å². The summed E-state index contributed by atoms with van der Waals surface area (Å²) in [6.07, 6.45) is 9.42. The van der Waals surface area contributed by atoms with E-state index in [2.05, 4.69) is 19.1 Å². The molecule has 0 fully saturated rings. The Kier molecular flexibility index (Phi) is 9.83. The maximum absolute atomic E-state index is 10.8. The minimum atomic E-state index is -0.211. The molecule has 0 saturated carbocycles. The third kappa shape index (κ3) is 10.1. The average molecular weight is 242 g/mol. The third-order valence-electron chi connectivity index (χ3n) is 2.86. The van der Waals surface area contributed by atoms with E-state index in [0.29, 0.717) is 12.5 Å². The van der Waals surface area contributed by atoms with Crippen molar-refractivity contribution in [2.75, 3.05) is 6.61 Å². The van der Waals surface area contributed by atoms with Crippen LogP contribution in [0.15, 0.2) is 12.2 Å². The maximum Gasteiger partial charge on any atom is 0.302 e. The highest BCUT2D eigenvalue weighted by Gasteiger charge is 2.12. The summed E-state index contributed by atoms with van der Waals surface area (Å²) < 4.78 is 5.12. The minimum Gasteiger partial charge on any atom is -0.463 e. The molecule has 0 heterocycles. The Morgan fingerprint density at radius 2 is 1.94 bits per heavy atom. The van der Waals surface area contributed by atoms with Crippen LogP contribution >= 0.6 is 0 Å². The SMILES string of the molecule is CC(=O)OC(C)C(C)CC=CCCCCCO. The number of hydrogen-bond donors (Lipinski definition) is 1. The molecule has 0 aromatic rings. The van der Waals surface area contributed by atoms with Crippen molar-refractivity contribution in [3.05, 3.63) is 12.2 Å². The van der Waals surface area contributed by atoms with Gasteiger partial charge >= 0.3 is 5.97 Å². The Labute approximate surface area is 105 Å². The van der Waals surface area contributed by atoms with Crippen LogP contribution in [0.5, 0.6) is 0 Å². The van der Waals surface area contributed by atoms with Gasteiger partial charge in [-0.05, 0) is 38.5 Å². The van der Waals surface area contributed by atoms with E-state index in [1.807, 2.05) is 6.92 Å². The summed E-state index contributed by atoms with van der Waals surface area (Å²) in [5, 5.41) is 8.62. The molecule has 0 amide bonds. The highest BCUT2D eigenvalue weighted by molar-refractivity contribution is 5.66. The van der Waals surface area contributed by atoms with Gasteiger partial charge in [-0.15, -0.1) is 0 Å². The van der Waals surface area contributed by atoms with Crippen molar-refractivity contribution in [1.29, 1.82) is 0 Å². The van der Waals surface area contributed by atoms with Gasteiger partial charge in [0.15, 0.2) is 0 Å². The number of hydrogen-bond acceptors (Lipinski definition) is 3. The lowest BCUT2D eigenvalue weighted by molar-refractivity contribution is -0.147. The van der Waals surface area contributed by atoms with Gasteiger partial charge in [-0.2, -0.15) is 0 Å². The molecule has 0 aromatic carbocycles. The topological polar surface area (TPSA) is 46.5 Å². The second-order valence-corrected chi connectivity index (χ2v) is 4.57. The molecule has 3 nitrogen and oxygen atoms in total. The third-order valence-corrected chi connectivity index (χ3v) is 2.86. The van der Waals surface area contributed by atoms with Crippen LogP contribution in [-0.4, -0.2) is 23.8 Å². The summed E-state index contributed by atoms with van der Waals surface area (Å²) in [6, 6.07) is 0. The van der Waals surface area contributed by atoms with Crippen molar-refractivity contribution < 1.29 is 14.6 Å². The molecule has 0 bridgehead atoms. The molecule has 17 heavy (non-hydrogen) atoms. The summed E-state index contributed by atoms with van der Waals surface area (Å²) in [5.41, 5.74) is 0. The molecule has 100 valence electrons. The molecule has 0 aliphatic rings. The van der Waals surface area contributed by atoms with Gasteiger partial charge in [0, 0.05) is 13.5 Å². The molecule has 0 rings (SSSR count). The second-order valence-electron chi connectivity index (χ2n) is 4.57. The lowest BCUT2D eigenvalue weighted by Crippen LogP contribution is -2.20. The predicted octanol–water partition coefficient (Wildman–Crippen LogP) is 3.07. The number of esters is 1. The zero-order valence-electron chi connectivity index (χ0n) is 11.3. The molecule has 0 aromatic heterocycles. The summed E-state index contributed by atoms with van der Waals surface area (Å²) in [5.74, 6) is 0.143. The number of allylic oxidation sites excluding steroid dienone is 2. The van der Waals surface area contributed by atoms with Gasteiger partial charge in [0.2, 0.25) is 0 Å². The van der Waals surface area contributed by atoms with Crippen LogP contribution in [0.25, 0.3) is 0 Å². The molecule has 0 radical (unpaired) electrons. The van der Waals surface area contributed by atoms with E-state index < -0.39 is 0 Å². The van der Waals surface area contributed by atoms with E-state index >= 15 is 0 Å². The highest BCUT2D eigenvalue weighted by Crippen LogP contribution is 2.13. The van der Waals surface area contributed by atoms with Crippen molar-refractivity contribution >= 4 is 5.97 Å². The lowest BCUT2D eigenvalue weighted by atomic mass is 10.0. The molecule has 3 heteroatoms. The molecule has 1 N–H and O–H groups in total. The fourth-order valence-electron chi connectivity index (χ4n) is 1.55. The Hall–Kier alpha value is -0.830. The van der Waals surface area contributed by atoms with Crippen LogP contribution in [0.4, 0.5) is 0 Å². The highest BCUT2D eigenvalue weighted by atomic mass is 16.5. The van der Waals surface area contributed by atoms with Crippen LogP contribution in [0.1, 0.15) is 52.9 Å². The first kappa shape index (κ1) is 16.2. The Balaban J connectivity index is 3.57.